The van der Waals surface area contributed by atoms with Crippen molar-refractivity contribution in [2.75, 3.05) is 4.81 Å². The van der Waals surface area contributed by atoms with Crippen LogP contribution in [0.5, 0.6) is 0 Å². The fraction of sp³-hybridized carbons (Fsp3) is 0. The second-order valence-electron chi connectivity index (χ2n) is 9.21. The Morgan fingerprint density at radius 1 is 0.579 bits per heavy atom. The van der Waals surface area contributed by atoms with Gasteiger partial charge < -0.3 is 9.79 Å². The molecule has 38 heavy (non-hydrogen) atoms. The van der Waals surface area contributed by atoms with Crippen molar-refractivity contribution in [1.29, 1.82) is 0 Å². The van der Waals surface area contributed by atoms with Gasteiger partial charge >= 0.3 is 20.4 Å². The van der Waals surface area contributed by atoms with Crippen LogP contribution in [0.15, 0.2) is 110 Å². The van der Waals surface area contributed by atoms with Crippen LogP contribution in [-0.4, -0.2) is 26.8 Å². The largest absolute Gasteiger partial charge is 2.00 e. The number of fused-ring (bicyclic) bond motifs is 11. The fourth-order valence-corrected chi connectivity index (χ4v) is 5.67. The molecule has 8 rings (SSSR count). The number of aromatic nitrogens is 4. The van der Waals surface area contributed by atoms with Crippen LogP contribution in [0.3, 0.4) is 0 Å². The molecule has 4 aromatic carbocycles. The summed E-state index contributed by atoms with van der Waals surface area (Å²) in [5.74, 6) is 0. The Morgan fingerprint density at radius 3 is 1.89 bits per heavy atom. The van der Waals surface area contributed by atoms with Gasteiger partial charge in [-0.1, -0.05) is 54.1 Å². The molecule has 5 nitrogen and oxygen atoms in total. The third-order valence-electron chi connectivity index (χ3n) is 7.22. The molecule has 0 fully saturated rings. The van der Waals surface area contributed by atoms with Gasteiger partial charge in [0, 0.05) is 17.6 Å². The molecule has 2 aliphatic rings. The monoisotopic (exact) mass is 577 g/mol. The van der Waals surface area contributed by atoms with E-state index in [1.165, 1.54) is 28.1 Å². The molecular weight excluding hydrogens is 560 g/mol. The average Bonchev–Trinajstić information content (AvgIpc) is 3.52. The van der Waals surface area contributed by atoms with Crippen LogP contribution in [0.4, 0.5) is 11.4 Å². The summed E-state index contributed by atoms with van der Waals surface area (Å²) in [6.07, 6.45) is 5.20. The zero-order valence-corrected chi connectivity index (χ0v) is 21.6. The maximum absolute atomic E-state index is 4.60. The van der Waals surface area contributed by atoms with Gasteiger partial charge in [0.05, 0.1) is 12.4 Å². The molecule has 2 aliphatic heterocycles. The topological polar surface area (TPSA) is 46.8 Å². The second-order valence-corrected chi connectivity index (χ2v) is 9.21. The van der Waals surface area contributed by atoms with E-state index in [4.69, 9.17) is 0 Å². The van der Waals surface area contributed by atoms with Crippen molar-refractivity contribution >= 4 is 29.1 Å². The van der Waals surface area contributed by atoms with Gasteiger partial charge in [-0.25, -0.2) is 0 Å². The zero-order valence-electron chi connectivity index (χ0n) is 20.0. The van der Waals surface area contributed by atoms with Crippen molar-refractivity contribution in [3.63, 3.8) is 0 Å². The van der Waals surface area contributed by atoms with Crippen LogP contribution >= 0.6 is 0 Å². The molecule has 0 saturated heterocycles. The second kappa shape index (κ2) is 8.92. The summed E-state index contributed by atoms with van der Waals surface area (Å²) < 4.78 is 0. The van der Waals surface area contributed by atoms with Crippen LogP contribution in [-0.2, 0) is 20.4 Å². The van der Waals surface area contributed by atoms with E-state index in [9.17, 15) is 0 Å². The van der Waals surface area contributed by atoms with Crippen LogP contribution in [0.1, 0.15) is 0 Å². The normalized spacial score (nSPS) is 12.4. The minimum atomic E-state index is -0.117. The van der Waals surface area contributed by atoms with E-state index in [0.717, 1.165) is 33.4 Å². The molecule has 0 saturated carbocycles. The molecule has 0 spiro atoms. The van der Waals surface area contributed by atoms with E-state index in [-0.39, 0.29) is 27.3 Å². The molecule has 0 radical (unpaired) electrons. The molecule has 0 N–H and O–H groups in total. The van der Waals surface area contributed by atoms with Gasteiger partial charge in [0.1, 0.15) is 0 Å². The Bertz CT molecular complexity index is 1800. The Hall–Kier alpha value is -4.30. The minimum absolute atomic E-state index is 0. The van der Waals surface area contributed by atoms with Crippen LogP contribution in [0.25, 0.3) is 39.2 Å². The molecule has 0 atom stereocenters. The quantitative estimate of drug-likeness (QED) is 0.219. The summed E-state index contributed by atoms with van der Waals surface area (Å²) in [6.45, 7) is -0.117. The van der Waals surface area contributed by atoms with E-state index in [1.54, 1.807) is 17.2 Å². The van der Waals surface area contributed by atoms with Crippen molar-refractivity contribution in [1.82, 2.24) is 20.0 Å². The summed E-state index contributed by atoms with van der Waals surface area (Å²) in [6, 6.07) is 39.2. The molecule has 4 heterocycles. The Morgan fingerprint density at radius 2 is 1.21 bits per heavy atom. The Kier molecular flexibility index (Phi) is 5.36. The van der Waals surface area contributed by atoms with Crippen LogP contribution in [0.2, 0.25) is 0 Å². The van der Waals surface area contributed by atoms with Gasteiger partial charge in [0.15, 0.2) is 0 Å². The summed E-state index contributed by atoms with van der Waals surface area (Å²) in [4.78, 5) is 8.66. The van der Waals surface area contributed by atoms with E-state index < -0.39 is 0 Å². The number of benzene rings is 4. The van der Waals surface area contributed by atoms with Crippen molar-refractivity contribution in [3.05, 3.63) is 122 Å². The summed E-state index contributed by atoms with van der Waals surface area (Å²) in [5, 5.41) is 8.72. The number of nitrogens with zero attached hydrogens (tertiary/aromatic N) is 5. The van der Waals surface area contributed by atoms with E-state index in [2.05, 4.69) is 98.9 Å². The standard InChI is InChI=1S/C31H18BN5.Pd/c1-3-10-30-25(7-1)23-14-12-21(29-9-5-6-16-33-29)19-27(23)32-28-20-22(37-34-17-18-35-37)13-15-24(28)26-8-2-4-11-31(26)36(30)32;/h1-18H;/q-2;+2. The van der Waals surface area contributed by atoms with Gasteiger partial charge in [0.2, 0.25) is 0 Å². The molecule has 0 aliphatic carbocycles. The third kappa shape index (κ3) is 3.33. The predicted octanol–water partition coefficient (Wildman–Crippen LogP) is 4.83. The number of hydrogen-bond donors (Lipinski definition) is 0. The number of para-hydroxylation sites is 2. The van der Waals surface area contributed by atoms with Crippen LogP contribution in [0, 0.1) is 12.1 Å². The number of pyridine rings is 1. The van der Waals surface area contributed by atoms with Crippen molar-refractivity contribution in [2.24, 2.45) is 0 Å². The molecule has 0 amide bonds. The van der Waals surface area contributed by atoms with Crippen molar-refractivity contribution in [3.8, 4) is 39.2 Å². The van der Waals surface area contributed by atoms with E-state index in [1.807, 2.05) is 30.5 Å². The average molecular weight is 578 g/mol. The van der Waals surface area contributed by atoms with E-state index >= 15 is 0 Å². The first-order valence-electron chi connectivity index (χ1n) is 12.3. The first kappa shape index (κ1) is 22.9. The fourth-order valence-electron chi connectivity index (χ4n) is 5.67. The predicted molar refractivity (Wildman–Crippen MR) is 147 cm³/mol. The number of rotatable bonds is 2. The molecular formula is C31H18BN5Pd. The SMILES string of the molecule is [Pd+2].[c-]1c(-c2ccccn2)ccc2c1B1c3[c-]c(-n4nccn4)ccc3-c3ccccc3N1c1ccccc1-2. The maximum Gasteiger partial charge on any atom is 2.00 e. The van der Waals surface area contributed by atoms with Gasteiger partial charge in [-0.3, -0.25) is 0 Å². The molecule has 180 valence electrons. The Labute approximate surface area is 234 Å². The molecule has 6 aromatic rings. The first-order valence-corrected chi connectivity index (χ1v) is 12.3. The third-order valence-corrected chi connectivity index (χ3v) is 7.22. The number of anilines is 2. The summed E-state index contributed by atoms with van der Waals surface area (Å²) >= 11 is 0. The van der Waals surface area contributed by atoms with E-state index in [0.29, 0.717) is 0 Å². The first-order chi connectivity index (χ1) is 18.4. The van der Waals surface area contributed by atoms with Gasteiger partial charge in [-0.15, -0.1) is 46.4 Å². The van der Waals surface area contributed by atoms with Crippen molar-refractivity contribution < 1.29 is 20.4 Å². The summed E-state index contributed by atoms with van der Waals surface area (Å²) in [5.41, 5.74) is 12.0. The van der Waals surface area contributed by atoms with Gasteiger partial charge in [-0.05, 0) is 35.1 Å². The maximum atomic E-state index is 4.60. The molecule has 2 aromatic heterocycles. The molecule has 7 heteroatoms. The van der Waals surface area contributed by atoms with Gasteiger partial charge in [0.25, 0.3) is 6.85 Å². The Balaban J connectivity index is 0.00000242. The zero-order chi connectivity index (χ0) is 24.3. The summed E-state index contributed by atoms with van der Waals surface area (Å²) in [7, 11) is 0. The minimum Gasteiger partial charge on any atom is -0.381 e. The molecule has 0 unspecified atom stereocenters. The van der Waals surface area contributed by atoms with Gasteiger partial charge in [-0.2, -0.15) is 32.6 Å². The molecule has 0 bridgehead atoms. The van der Waals surface area contributed by atoms with Crippen LogP contribution < -0.4 is 15.7 Å². The number of hydrogen-bond acceptors (Lipinski definition) is 4. The smallest absolute Gasteiger partial charge is 0.381 e. The van der Waals surface area contributed by atoms with Crippen molar-refractivity contribution in [2.45, 2.75) is 0 Å².